The normalized spacial score (nSPS) is 25.9. The van der Waals surface area contributed by atoms with E-state index in [1.165, 1.54) is 0 Å². The van der Waals surface area contributed by atoms with Crippen LogP contribution in [0.5, 0.6) is 0 Å². The number of hydrogen-bond acceptors (Lipinski definition) is 4. The summed E-state index contributed by atoms with van der Waals surface area (Å²) in [7, 11) is 0. The molecule has 5 nitrogen and oxygen atoms in total. The second kappa shape index (κ2) is 3.50. The molecule has 1 fully saturated rings. The van der Waals surface area contributed by atoms with Crippen molar-refractivity contribution in [2.24, 2.45) is 5.84 Å². The predicted octanol–water partition coefficient (Wildman–Crippen LogP) is -2.46. The van der Waals surface area contributed by atoms with E-state index >= 15 is 0 Å². The number of nitrogens with two attached hydrogens (primary N) is 1. The van der Waals surface area contributed by atoms with Crippen LogP contribution >= 0.6 is 0 Å². The lowest BCUT2D eigenvalue weighted by molar-refractivity contribution is -0.123. The molecule has 1 rings (SSSR count). The second-order valence-corrected chi connectivity index (χ2v) is 2.22. The van der Waals surface area contributed by atoms with Crippen molar-refractivity contribution in [3.05, 3.63) is 0 Å². The summed E-state index contributed by atoms with van der Waals surface area (Å²) in [5, 5.41) is 6.09. The van der Waals surface area contributed by atoms with Crippen LogP contribution in [-0.4, -0.2) is 31.6 Å². The Morgan fingerprint density at radius 2 is 2.40 bits per heavy atom. The van der Waals surface area contributed by atoms with Crippen LogP contribution < -0.4 is 21.9 Å². The van der Waals surface area contributed by atoms with Crippen LogP contribution in [0.2, 0.25) is 0 Å². The van der Waals surface area contributed by atoms with E-state index in [1.807, 2.05) is 0 Å². The van der Waals surface area contributed by atoms with E-state index in [4.69, 9.17) is 5.84 Å². The van der Waals surface area contributed by atoms with E-state index in [0.717, 1.165) is 13.1 Å². The third-order valence-corrected chi connectivity index (χ3v) is 1.50. The molecule has 1 heterocycles. The lowest BCUT2D eigenvalue weighted by Gasteiger charge is -2.22. The summed E-state index contributed by atoms with van der Waals surface area (Å²) in [6.45, 7) is 2.38. The van der Waals surface area contributed by atoms with Gasteiger partial charge in [-0.15, -0.1) is 0 Å². The summed E-state index contributed by atoms with van der Waals surface area (Å²) in [5.74, 6) is 4.78. The highest BCUT2D eigenvalue weighted by molar-refractivity contribution is 5.81. The van der Waals surface area contributed by atoms with E-state index in [0.29, 0.717) is 6.54 Å². The number of carbonyl (C=O) groups excluding carboxylic acids is 1. The Kier molecular flexibility index (Phi) is 2.61. The number of amides is 1. The van der Waals surface area contributed by atoms with Gasteiger partial charge in [-0.05, 0) is 0 Å². The van der Waals surface area contributed by atoms with Crippen molar-refractivity contribution in [1.82, 2.24) is 16.1 Å². The molecule has 0 aromatic rings. The Morgan fingerprint density at radius 1 is 1.60 bits per heavy atom. The number of carbonyl (C=O) groups is 1. The van der Waals surface area contributed by atoms with Crippen molar-refractivity contribution < 1.29 is 4.79 Å². The average Bonchev–Trinajstić information content (AvgIpc) is 2.05. The Morgan fingerprint density at radius 3 is 2.90 bits per heavy atom. The maximum Gasteiger partial charge on any atom is 0.252 e. The summed E-state index contributed by atoms with van der Waals surface area (Å²) >= 11 is 0. The zero-order valence-corrected chi connectivity index (χ0v) is 5.68. The number of nitrogens with one attached hydrogen (secondary N) is 3. The van der Waals surface area contributed by atoms with Crippen molar-refractivity contribution >= 4 is 5.91 Å². The fourth-order valence-corrected chi connectivity index (χ4v) is 0.939. The van der Waals surface area contributed by atoms with Crippen LogP contribution in [0.1, 0.15) is 0 Å². The van der Waals surface area contributed by atoms with Crippen molar-refractivity contribution in [3.8, 4) is 0 Å². The molecule has 5 heteroatoms. The van der Waals surface area contributed by atoms with Gasteiger partial charge in [-0.3, -0.25) is 10.2 Å². The summed E-state index contributed by atoms with van der Waals surface area (Å²) in [6, 6.07) is -0.168. The minimum absolute atomic E-state index is 0.160. The summed E-state index contributed by atoms with van der Waals surface area (Å²) in [6.07, 6.45) is 0. The molecule has 1 saturated heterocycles. The van der Waals surface area contributed by atoms with Gasteiger partial charge in [0.15, 0.2) is 0 Å². The molecule has 1 aliphatic heterocycles. The Labute approximate surface area is 59.3 Å². The minimum atomic E-state index is -0.168. The van der Waals surface area contributed by atoms with E-state index < -0.39 is 0 Å². The van der Waals surface area contributed by atoms with Crippen LogP contribution in [-0.2, 0) is 4.79 Å². The van der Waals surface area contributed by atoms with Gasteiger partial charge >= 0.3 is 0 Å². The van der Waals surface area contributed by atoms with Gasteiger partial charge in [-0.1, -0.05) is 0 Å². The molecule has 0 spiro atoms. The molecule has 1 aliphatic rings. The van der Waals surface area contributed by atoms with Crippen molar-refractivity contribution in [1.29, 1.82) is 0 Å². The molecule has 0 radical (unpaired) electrons. The topological polar surface area (TPSA) is 79.2 Å². The van der Waals surface area contributed by atoms with Gasteiger partial charge < -0.3 is 10.6 Å². The highest BCUT2D eigenvalue weighted by atomic mass is 16.2. The maximum absolute atomic E-state index is 10.8. The van der Waals surface area contributed by atoms with Crippen molar-refractivity contribution in [2.75, 3.05) is 19.6 Å². The maximum atomic E-state index is 10.8. The van der Waals surface area contributed by atoms with E-state index in [9.17, 15) is 4.79 Å². The molecule has 10 heavy (non-hydrogen) atoms. The number of hydrogen-bond donors (Lipinski definition) is 4. The number of piperazine rings is 1. The zero-order chi connectivity index (χ0) is 7.40. The quantitative estimate of drug-likeness (QED) is 0.187. The summed E-state index contributed by atoms with van der Waals surface area (Å²) < 4.78 is 0. The molecule has 1 amide bonds. The lowest BCUT2D eigenvalue weighted by atomic mass is 10.2. The molecule has 0 aromatic heterocycles. The molecule has 0 aromatic carbocycles. The van der Waals surface area contributed by atoms with Gasteiger partial charge in [0, 0.05) is 19.6 Å². The van der Waals surface area contributed by atoms with E-state index in [1.54, 1.807) is 0 Å². The van der Waals surface area contributed by atoms with Crippen LogP contribution in [0, 0.1) is 0 Å². The SMILES string of the molecule is NNC(=O)C1CNCCN1. The third kappa shape index (κ3) is 1.66. The predicted molar refractivity (Wildman–Crippen MR) is 37.0 cm³/mol. The van der Waals surface area contributed by atoms with E-state index in [2.05, 4.69) is 16.1 Å². The first-order valence-electron chi connectivity index (χ1n) is 3.29. The van der Waals surface area contributed by atoms with Crippen molar-refractivity contribution in [3.63, 3.8) is 0 Å². The first-order chi connectivity index (χ1) is 4.84. The Hall–Kier alpha value is -0.650. The fourth-order valence-electron chi connectivity index (χ4n) is 0.939. The van der Waals surface area contributed by atoms with E-state index in [-0.39, 0.29) is 11.9 Å². The standard InChI is InChI=1S/C5H12N4O/c6-9-5(10)4-3-7-1-2-8-4/h4,7-8H,1-3,6H2,(H,9,10). The van der Waals surface area contributed by atoms with Gasteiger partial charge in [0.2, 0.25) is 0 Å². The van der Waals surface area contributed by atoms with Crippen LogP contribution in [0.25, 0.3) is 0 Å². The molecular formula is C5H12N4O. The largest absolute Gasteiger partial charge is 0.313 e. The van der Waals surface area contributed by atoms with Gasteiger partial charge in [-0.25, -0.2) is 5.84 Å². The minimum Gasteiger partial charge on any atom is -0.313 e. The Bertz CT molecular complexity index is 121. The molecule has 58 valence electrons. The molecule has 0 aliphatic carbocycles. The van der Waals surface area contributed by atoms with Gasteiger partial charge in [0.25, 0.3) is 5.91 Å². The Balaban J connectivity index is 2.31. The zero-order valence-electron chi connectivity index (χ0n) is 5.68. The highest BCUT2D eigenvalue weighted by Crippen LogP contribution is 1.84. The molecule has 0 bridgehead atoms. The lowest BCUT2D eigenvalue weighted by Crippen LogP contribution is -2.56. The first kappa shape index (κ1) is 7.46. The third-order valence-electron chi connectivity index (χ3n) is 1.50. The summed E-state index contributed by atoms with van der Waals surface area (Å²) in [5.41, 5.74) is 2.09. The van der Waals surface area contributed by atoms with Gasteiger partial charge in [0.05, 0.1) is 0 Å². The van der Waals surface area contributed by atoms with Crippen molar-refractivity contribution in [2.45, 2.75) is 6.04 Å². The smallest absolute Gasteiger partial charge is 0.252 e. The fraction of sp³-hybridized carbons (Fsp3) is 0.800. The average molecular weight is 144 g/mol. The van der Waals surface area contributed by atoms with Crippen LogP contribution in [0.3, 0.4) is 0 Å². The second-order valence-electron chi connectivity index (χ2n) is 2.22. The summed E-state index contributed by atoms with van der Waals surface area (Å²) in [4.78, 5) is 10.8. The monoisotopic (exact) mass is 144 g/mol. The molecule has 5 N–H and O–H groups in total. The molecular weight excluding hydrogens is 132 g/mol. The molecule has 1 atom stereocenters. The first-order valence-corrected chi connectivity index (χ1v) is 3.29. The number of rotatable bonds is 1. The van der Waals surface area contributed by atoms with Crippen LogP contribution in [0.15, 0.2) is 0 Å². The van der Waals surface area contributed by atoms with Gasteiger partial charge in [-0.2, -0.15) is 0 Å². The van der Waals surface area contributed by atoms with Crippen LogP contribution in [0.4, 0.5) is 0 Å². The highest BCUT2D eigenvalue weighted by Gasteiger charge is 2.18. The molecule has 1 unspecified atom stereocenters. The number of hydrazine groups is 1. The van der Waals surface area contributed by atoms with Gasteiger partial charge in [0.1, 0.15) is 6.04 Å². The molecule has 0 saturated carbocycles.